The normalized spacial score (nSPS) is 17.7. The van der Waals surface area contributed by atoms with Crippen molar-refractivity contribution in [3.05, 3.63) is 46.5 Å². The summed E-state index contributed by atoms with van der Waals surface area (Å²) < 4.78 is 28.6. The zero-order valence-electron chi connectivity index (χ0n) is 23.0. The number of fused-ring (bicyclic) bond motifs is 1. The smallest absolute Gasteiger partial charge is 0.191 e. The molecule has 0 amide bonds. The summed E-state index contributed by atoms with van der Waals surface area (Å²) >= 11 is 0. The van der Waals surface area contributed by atoms with Gasteiger partial charge >= 0.3 is 0 Å². The standard InChI is InChI=1S/C28H41NO5Si/c1-27(2,3)35(9,10)34-12-11-19-13-23(30-5)25(32-7)15-21(19)18-29-28(4)17-20-14-24(31-6)26(33-8)16-22(20)28/h13-16,18H,11-12,17H2,1-10H3. The molecule has 6 nitrogen and oxygen atoms in total. The van der Waals surface area contributed by atoms with Crippen LogP contribution in [0.5, 0.6) is 23.0 Å². The summed E-state index contributed by atoms with van der Waals surface area (Å²) in [6.07, 6.45) is 3.58. The van der Waals surface area contributed by atoms with Crippen molar-refractivity contribution < 1.29 is 23.4 Å². The number of ether oxygens (including phenoxy) is 4. The topological polar surface area (TPSA) is 58.5 Å². The molecule has 192 valence electrons. The van der Waals surface area contributed by atoms with Crippen molar-refractivity contribution in [2.75, 3.05) is 35.0 Å². The lowest BCUT2D eigenvalue weighted by Crippen LogP contribution is -2.41. The second kappa shape index (κ2) is 10.2. The molecular formula is C28H41NO5Si. The highest BCUT2D eigenvalue weighted by Crippen LogP contribution is 2.47. The van der Waals surface area contributed by atoms with Crippen LogP contribution in [-0.2, 0) is 22.8 Å². The van der Waals surface area contributed by atoms with Crippen molar-refractivity contribution in [3.63, 3.8) is 0 Å². The molecule has 0 fully saturated rings. The Labute approximate surface area is 211 Å². The van der Waals surface area contributed by atoms with Crippen LogP contribution < -0.4 is 18.9 Å². The van der Waals surface area contributed by atoms with Gasteiger partial charge in [-0.1, -0.05) is 20.8 Å². The highest BCUT2D eigenvalue weighted by molar-refractivity contribution is 6.74. The van der Waals surface area contributed by atoms with Gasteiger partial charge in [0.25, 0.3) is 0 Å². The summed E-state index contributed by atoms with van der Waals surface area (Å²) in [7, 11) is 4.81. The van der Waals surface area contributed by atoms with Gasteiger partial charge in [0.2, 0.25) is 0 Å². The summed E-state index contributed by atoms with van der Waals surface area (Å²) in [6.45, 7) is 14.1. The molecular weight excluding hydrogens is 458 g/mol. The molecule has 1 atom stereocenters. The molecule has 0 saturated carbocycles. The molecule has 0 aromatic heterocycles. The largest absolute Gasteiger partial charge is 0.493 e. The predicted molar refractivity (Wildman–Crippen MR) is 145 cm³/mol. The van der Waals surface area contributed by atoms with Crippen LogP contribution in [0.2, 0.25) is 18.1 Å². The van der Waals surface area contributed by atoms with Crippen LogP contribution in [0, 0.1) is 0 Å². The molecule has 0 heterocycles. The van der Waals surface area contributed by atoms with Crippen LogP contribution in [0.3, 0.4) is 0 Å². The minimum atomic E-state index is -1.83. The minimum Gasteiger partial charge on any atom is -0.493 e. The van der Waals surface area contributed by atoms with Crippen molar-refractivity contribution in [3.8, 4) is 23.0 Å². The first-order valence-electron chi connectivity index (χ1n) is 12.1. The average Bonchev–Trinajstić information content (AvgIpc) is 2.80. The van der Waals surface area contributed by atoms with Crippen LogP contribution in [-0.4, -0.2) is 49.6 Å². The summed E-state index contributed by atoms with van der Waals surface area (Å²) in [5, 5.41) is 0.171. The summed E-state index contributed by atoms with van der Waals surface area (Å²) in [6, 6.07) is 8.13. The molecule has 0 radical (unpaired) electrons. The van der Waals surface area contributed by atoms with Gasteiger partial charge in [-0.15, -0.1) is 0 Å². The fourth-order valence-corrected chi connectivity index (χ4v) is 5.21. The summed E-state index contributed by atoms with van der Waals surface area (Å²) in [4.78, 5) is 5.04. The molecule has 2 aromatic rings. The molecule has 0 saturated heterocycles. The lowest BCUT2D eigenvalue weighted by molar-refractivity contribution is 0.291. The highest BCUT2D eigenvalue weighted by atomic mass is 28.4. The van der Waals surface area contributed by atoms with Gasteiger partial charge < -0.3 is 23.4 Å². The van der Waals surface area contributed by atoms with E-state index in [0.29, 0.717) is 18.1 Å². The van der Waals surface area contributed by atoms with Crippen molar-refractivity contribution in [2.45, 2.75) is 64.2 Å². The molecule has 0 spiro atoms. The minimum absolute atomic E-state index is 0.171. The van der Waals surface area contributed by atoms with Crippen molar-refractivity contribution in [2.24, 2.45) is 4.99 Å². The van der Waals surface area contributed by atoms with Gasteiger partial charge in [-0.3, -0.25) is 4.99 Å². The van der Waals surface area contributed by atoms with Gasteiger partial charge in [0.15, 0.2) is 31.3 Å². The number of benzene rings is 2. The monoisotopic (exact) mass is 499 g/mol. The Bertz CT molecular complexity index is 1090. The number of nitrogens with zero attached hydrogens (tertiary/aromatic N) is 1. The van der Waals surface area contributed by atoms with E-state index in [9.17, 15) is 0 Å². The lowest BCUT2D eigenvalue weighted by Gasteiger charge is -2.38. The Balaban J connectivity index is 1.89. The molecule has 1 aliphatic carbocycles. The van der Waals surface area contributed by atoms with E-state index in [1.165, 1.54) is 5.56 Å². The van der Waals surface area contributed by atoms with Crippen LogP contribution in [0.15, 0.2) is 29.3 Å². The fourth-order valence-electron chi connectivity index (χ4n) is 4.16. The van der Waals surface area contributed by atoms with E-state index in [1.54, 1.807) is 28.4 Å². The maximum atomic E-state index is 6.45. The third kappa shape index (κ3) is 5.51. The van der Waals surface area contributed by atoms with E-state index >= 15 is 0 Å². The Morgan fingerprint density at radius 2 is 1.43 bits per heavy atom. The summed E-state index contributed by atoms with van der Waals surface area (Å²) in [5.41, 5.74) is 4.21. The average molecular weight is 500 g/mol. The molecule has 1 aliphatic rings. The third-order valence-corrected chi connectivity index (χ3v) is 12.0. The number of hydrogen-bond acceptors (Lipinski definition) is 6. The van der Waals surface area contributed by atoms with Gasteiger partial charge in [0.1, 0.15) is 0 Å². The van der Waals surface area contributed by atoms with Crippen molar-refractivity contribution >= 4 is 14.5 Å². The Morgan fingerprint density at radius 1 is 0.886 bits per heavy atom. The molecule has 35 heavy (non-hydrogen) atoms. The summed E-state index contributed by atoms with van der Waals surface area (Å²) in [5.74, 6) is 2.88. The van der Waals surface area contributed by atoms with Crippen molar-refractivity contribution in [1.82, 2.24) is 0 Å². The van der Waals surface area contributed by atoms with E-state index in [4.69, 9.17) is 28.4 Å². The first kappa shape index (κ1) is 27.1. The van der Waals surface area contributed by atoms with E-state index < -0.39 is 8.32 Å². The van der Waals surface area contributed by atoms with E-state index in [0.717, 1.165) is 41.0 Å². The molecule has 7 heteroatoms. The van der Waals surface area contributed by atoms with Gasteiger partial charge in [-0.25, -0.2) is 0 Å². The zero-order chi connectivity index (χ0) is 26.0. The number of aliphatic imine (C=N–C) groups is 1. The SMILES string of the molecule is COc1cc(C=NC2(C)Cc3cc(OC)c(OC)cc32)c(CCO[Si](C)(C)C(C)(C)C)cc1OC. The quantitative estimate of drug-likeness (QED) is 0.289. The highest BCUT2D eigenvalue weighted by Gasteiger charge is 2.39. The van der Waals surface area contributed by atoms with Gasteiger partial charge in [-0.05, 0) is 78.0 Å². The Kier molecular flexibility index (Phi) is 7.92. The van der Waals surface area contributed by atoms with Crippen LogP contribution in [0.25, 0.3) is 0 Å². The third-order valence-electron chi connectivity index (χ3n) is 7.50. The Hall–Kier alpha value is -2.51. The van der Waals surface area contributed by atoms with Gasteiger partial charge in [0.05, 0.1) is 34.0 Å². The number of hydrogen-bond donors (Lipinski definition) is 0. The molecule has 1 unspecified atom stereocenters. The lowest BCUT2D eigenvalue weighted by atomic mass is 9.72. The Morgan fingerprint density at radius 3 is 2.00 bits per heavy atom. The first-order valence-corrected chi connectivity index (χ1v) is 15.0. The van der Waals surface area contributed by atoms with Crippen LogP contribution in [0.1, 0.15) is 49.9 Å². The molecule has 3 rings (SSSR count). The van der Waals surface area contributed by atoms with Crippen LogP contribution in [0.4, 0.5) is 0 Å². The maximum absolute atomic E-state index is 6.45. The van der Waals surface area contributed by atoms with Gasteiger partial charge in [-0.2, -0.15) is 0 Å². The molecule has 2 aromatic carbocycles. The van der Waals surface area contributed by atoms with E-state index in [-0.39, 0.29) is 10.6 Å². The zero-order valence-corrected chi connectivity index (χ0v) is 24.0. The maximum Gasteiger partial charge on any atom is 0.191 e. The second-order valence-electron chi connectivity index (χ2n) is 10.8. The van der Waals surface area contributed by atoms with Gasteiger partial charge in [0, 0.05) is 19.2 Å². The molecule has 0 N–H and O–H groups in total. The number of rotatable bonds is 10. The fraction of sp³-hybridized carbons (Fsp3) is 0.536. The van der Waals surface area contributed by atoms with E-state index in [2.05, 4.69) is 40.8 Å². The molecule has 0 aliphatic heterocycles. The second-order valence-corrected chi connectivity index (χ2v) is 15.6. The van der Waals surface area contributed by atoms with Crippen LogP contribution >= 0.6 is 0 Å². The first-order chi connectivity index (χ1) is 16.4. The number of methoxy groups -OCH3 is 4. The predicted octanol–water partition coefficient (Wildman–Crippen LogP) is 6.18. The van der Waals surface area contributed by atoms with E-state index in [1.807, 2.05) is 30.5 Å². The van der Waals surface area contributed by atoms with Crippen molar-refractivity contribution in [1.29, 1.82) is 0 Å². The molecule has 0 bridgehead atoms.